The first-order chi connectivity index (χ1) is 17.5. The van der Waals surface area contributed by atoms with Gasteiger partial charge in [0.25, 0.3) is 0 Å². The summed E-state index contributed by atoms with van der Waals surface area (Å²) in [6.07, 6.45) is 5.53. The summed E-state index contributed by atoms with van der Waals surface area (Å²) < 4.78 is 1.95. The molecule has 0 saturated heterocycles. The number of unbranched alkanes of at least 4 members (excludes halogenated alkanes) is 2. The quantitative estimate of drug-likeness (QED) is 0.355. The monoisotopic (exact) mass is 485 g/mol. The second-order valence-corrected chi connectivity index (χ2v) is 9.38. The van der Waals surface area contributed by atoms with Crippen LogP contribution < -0.4 is 10.6 Å². The number of hydrogen-bond acceptors (Lipinski definition) is 5. The van der Waals surface area contributed by atoms with Crippen molar-refractivity contribution < 1.29 is 9.59 Å². The molecule has 0 fully saturated rings. The Morgan fingerprint density at radius 3 is 2.42 bits per heavy atom. The molecule has 1 aliphatic heterocycles. The van der Waals surface area contributed by atoms with Gasteiger partial charge < -0.3 is 10.6 Å². The van der Waals surface area contributed by atoms with Crippen LogP contribution in [-0.2, 0) is 22.7 Å². The molecule has 7 heteroatoms. The predicted molar refractivity (Wildman–Crippen MR) is 143 cm³/mol. The Morgan fingerprint density at radius 2 is 1.64 bits per heavy atom. The lowest BCUT2D eigenvalue weighted by molar-refractivity contribution is -0.120. The van der Waals surface area contributed by atoms with Crippen molar-refractivity contribution in [2.75, 3.05) is 4.90 Å². The number of nitrogens with two attached hydrogens (primary N) is 1. The second-order valence-electron chi connectivity index (χ2n) is 9.38. The number of aromatic nitrogens is 3. The first-order valence-corrected chi connectivity index (χ1v) is 12.9. The maximum Gasteiger partial charge on any atom is 0.227 e. The van der Waals surface area contributed by atoms with E-state index in [1.807, 2.05) is 52.9 Å². The average Bonchev–Trinajstić information content (AvgIpc) is 3.29. The fourth-order valence-electron chi connectivity index (χ4n) is 4.72. The Balaban J connectivity index is 1.69. The van der Waals surface area contributed by atoms with Crippen LogP contribution in [0.4, 0.5) is 5.69 Å². The maximum atomic E-state index is 13.5. The molecule has 2 heterocycles. The van der Waals surface area contributed by atoms with E-state index in [9.17, 15) is 9.59 Å². The van der Waals surface area contributed by atoms with E-state index in [0.717, 1.165) is 59.4 Å². The fraction of sp³-hybridized carbons (Fsp3) is 0.379. The Hall–Kier alpha value is -3.74. The minimum atomic E-state index is 0.0603. The zero-order chi connectivity index (χ0) is 25.5. The van der Waals surface area contributed by atoms with Gasteiger partial charge >= 0.3 is 0 Å². The third-order valence-corrected chi connectivity index (χ3v) is 6.70. The van der Waals surface area contributed by atoms with Gasteiger partial charge in [-0.3, -0.25) is 9.59 Å². The van der Waals surface area contributed by atoms with Gasteiger partial charge in [-0.05, 0) is 43.7 Å². The van der Waals surface area contributed by atoms with E-state index in [0.29, 0.717) is 44.5 Å². The molecule has 0 saturated carbocycles. The molecule has 0 radical (unpaired) electrons. The lowest BCUT2D eigenvalue weighted by Gasteiger charge is -2.29. The number of ketones is 1. The van der Waals surface area contributed by atoms with Gasteiger partial charge in [0.1, 0.15) is 11.5 Å². The van der Waals surface area contributed by atoms with Crippen LogP contribution in [0.5, 0.6) is 0 Å². The smallest absolute Gasteiger partial charge is 0.227 e. The summed E-state index contributed by atoms with van der Waals surface area (Å²) in [4.78, 5) is 27.1. The zero-order valence-electron chi connectivity index (χ0n) is 21.1. The summed E-state index contributed by atoms with van der Waals surface area (Å²) >= 11 is 0. The number of carbonyl (C=O) groups excluding carboxylic acids is 2. The minimum absolute atomic E-state index is 0.0603. The molecule has 0 aliphatic carbocycles. The number of amides is 1. The lowest BCUT2D eigenvalue weighted by atomic mass is 9.95. The fourth-order valence-corrected chi connectivity index (χ4v) is 4.72. The van der Waals surface area contributed by atoms with Crippen LogP contribution in [0.25, 0.3) is 22.5 Å². The van der Waals surface area contributed by atoms with Crippen LogP contribution in [0.3, 0.4) is 0 Å². The van der Waals surface area contributed by atoms with Crippen molar-refractivity contribution in [3.63, 3.8) is 0 Å². The van der Waals surface area contributed by atoms with E-state index in [-0.39, 0.29) is 11.7 Å². The lowest BCUT2D eigenvalue weighted by Crippen LogP contribution is -2.31. The van der Waals surface area contributed by atoms with Crippen molar-refractivity contribution in [2.45, 2.75) is 71.4 Å². The molecule has 2 aromatic carbocycles. The van der Waals surface area contributed by atoms with E-state index in [1.165, 1.54) is 0 Å². The van der Waals surface area contributed by atoms with E-state index in [4.69, 9.17) is 5.73 Å². The third kappa shape index (κ3) is 5.73. The van der Waals surface area contributed by atoms with E-state index >= 15 is 0 Å². The molecule has 0 unspecified atom stereocenters. The highest BCUT2D eigenvalue weighted by atomic mass is 16.2. The molecule has 0 bridgehead atoms. The summed E-state index contributed by atoms with van der Waals surface area (Å²) in [5.41, 5.74) is 12.0. The molecule has 2 N–H and O–H groups in total. The molecule has 4 rings (SSSR count). The molecule has 1 aromatic heterocycles. The van der Waals surface area contributed by atoms with Crippen LogP contribution in [0.2, 0.25) is 0 Å². The summed E-state index contributed by atoms with van der Waals surface area (Å²) in [5, 5.41) is 9.13. The van der Waals surface area contributed by atoms with Gasteiger partial charge in [0, 0.05) is 42.6 Å². The van der Waals surface area contributed by atoms with Gasteiger partial charge in [-0.2, -0.15) is 0 Å². The molecule has 1 amide bonds. The van der Waals surface area contributed by atoms with Crippen molar-refractivity contribution in [3.8, 4) is 22.5 Å². The molecule has 36 heavy (non-hydrogen) atoms. The average molecular weight is 486 g/mol. The van der Waals surface area contributed by atoms with Crippen molar-refractivity contribution in [1.82, 2.24) is 15.0 Å². The topological polar surface area (TPSA) is 94.1 Å². The Morgan fingerprint density at radius 1 is 0.944 bits per heavy atom. The molecule has 0 atom stereocenters. The Bertz CT molecular complexity index is 1250. The van der Waals surface area contributed by atoms with Crippen LogP contribution in [0.15, 0.2) is 60.8 Å². The van der Waals surface area contributed by atoms with Gasteiger partial charge in [0.2, 0.25) is 5.91 Å². The van der Waals surface area contributed by atoms with Crippen molar-refractivity contribution >= 4 is 17.4 Å². The maximum absolute atomic E-state index is 13.5. The molecule has 0 spiro atoms. The highest BCUT2D eigenvalue weighted by Gasteiger charge is 2.28. The number of fused-ring (bicyclic) bond motifs is 5. The minimum Gasteiger partial charge on any atom is -0.403 e. The van der Waals surface area contributed by atoms with Gasteiger partial charge in [0.05, 0.1) is 17.9 Å². The molecule has 1 aliphatic rings. The van der Waals surface area contributed by atoms with Gasteiger partial charge in [-0.15, -0.1) is 5.10 Å². The van der Waals surface area contributed by atoms with Gasteiger partial charge in [-0.25, -0.2) is 4.68 Å². The summed E-state index contributed by atoms with van der Waals surface area (Å²) in [5.74, 6) is 0.308. The number of rotatable bonds is 11. The number of carbonyl (C=O) groups is 2. The summed E-state index contributed by atoms with van der Waals surface area (Å²) in [6, 6.07) is 16.1. The first-order valence-electron chi connectivity index (χ1n) is 12.9. The zero-order valence-corrected chi connectivity index (χ0v) is 21.1. The molecule has 3 aromatic rings. The Kier molecular flexibility index (Phi) is 8.31. The number of benzene rings is 2. The summed E-state index contributed by atoms with van der Waals surface area (Å²) in [7, 11) is 0. The number of hydrogen-bond donors (Lipinski definition) is 1. The number of anilines is 1. The van der Waals surface area contributed by atoms with Crippen LogP contribution in [0.1, 0.15) is 63.9 Å². The van der Waals surface area contributed by atoms with Crippen molar-refractivity contribution in [2.24, 2.45) is 5.73 Å². The van der Waals surface area contributed by atoms with Crippen LogP contribution >= 0.6 is 0 Å². The van der Waals surface area contributed by atoms with E-state index < -0.39 is 0 Å². The van der Waals surface area contributed by atoms with E-state index in [1.54, 1.807) is 0 Å². The van der Waals surface area contributed by atoms with Crippen molar-refractivity contribution in [1.29, 1.82) is 0 Å². The third-order valence-electron chi connectivity index (χ3n) is 6.70. The molecule has 188 valence electrons. The second kappa shape index (κ2) is 11.8. The number of nitrogens with zero attached hydrogens (tertiary/aromatic N) is 4. The molecular weight excluding hydrogens is 450 g/mol. The SMILES string of the molecule is C=C(N)CCCCn1nnc2c1-c1ccccc1N(C(=O)CCCCC(=O)CC)Cc1ccccc1-2. The standard InChI is InChI=1S/C29H35N5O2/c1-3-23(35)14-5-9-18-27(36)33-20-22-13-4-6-15-24(22)28-29(25-16-7-8-17-26(25)33)34(32-31-28)19-11-10-12-21(2)30/h4,6-8,13,15-17H,2-3,5,9-12,14,18-20,30H2,1H3. The van der Waals surface area contributed by atoms with Gasteiger partial charge in [-0.1, -0.05) is 61.2 Å². The first kappa shape index (κ1) is 25.4. The predicted octanol–water partition coefficient (Wildman–Crippen LogP) is 5.64. The van der Waals surface area contributed by atoms with Gasteiger partial charge in [0.15, 0.2) is 0 Å². The Labute approximate surface area is 213 Å². The highest BCUT2D eigenvalue weighted by Crippen LogP contribution is 2.41. The van der Waals surface area contributed by atoms with E-state index in [2.05, 4.69) is 29.0 Å². The van der Waals surface area contributed by atoms with Crippen LogP contribution in [-0.4, -0.2) is 26.7 Å². The highest BCUT2D eigenvalue weighted by molar-refractivity contribution is 6.00. The number of Topliss-reactive ketones (excluding diaryl/α,β-unsaturated/α-hetero) is 1. The normalized spacial score (nSPS) is 12.2. The summed E-state index contributed by atoms with van der Waals surface area (Å²) in [6.45, 7) is 6.83. The largest absolute Gasteiger partial charge is 0.403 e. The molecule has 7 nitrogen and oxygen atoms in total. The number of para-hydroxylation sites is 1. The van der Waals surface area contributed by atoms with Crippen LogP contribution in [0, 0.1) is 0 Å². The molecular formula is C29H35N5O2. The number of allylic oxidation sites excluding steroid dienone is 1. The number of aryl methyl sites for hydroxylation is 1. The van der Waals surface area contributed by atoms with Crippen molar-refractivity contribution in [3.05, 3.63) is 66.4 Å².